The van der Waals surface area contributed by atoms with E-state index < -0.39 is 36.1 Å². The predicted octanol–water partition coefficient (Wildman–Crippen LogP) is -1.05. The summed E-state index contributed by atoms with van der Waals surface area (Å²) in [6.07, 6.45) is -0.843. The first-order valence-corrected chi connectivity index (χ1v) is 7.87. The molecule has 1 rings (SSSR count). The lowest BCUT2D eigenvalue weighted by Crippen LogP contribution is -2.52. The number of amides is 3. The summed E-state index contributed by atoms with van der Waals surface area (Å²) in [6, 6.07) is -1.75. The van der Waals surface area contributed by atoms with Gasteiger partial charge in [-0.3, -0.25) is 14.4 Å². The van der Waals surface area contributed by atoms with Crippen LogP contribution >= 0.6 is 0 Å². The molecule has 0 bridgehead atoms. The summed E-state index contributed by atoms with van der Waals surface area (Å²) in [4.78, 5) is 35.2. The molecule has 0 saturated carbocycles. The van der Waals surface area contributed by atoms with Gasteiger partial charge in [0.1, 0.15) is 12.1 Å². The van der Waals surface area contributed by atoms with Crippen molar-refractivity contribution in [3.05, 3.63) is 11.6 Å². The van der Waals surface area contributed by atoms with Crippen LogP contribution in [0.25, 0.3) is 0 Å². The van der Waals surface area contributed by atoms with Gasteiger partial charge in [0.25, 0.3) is 0 Å². The maximum absolute atomic E-state index is 12.1. The van der Waals surface area contributed by atoms with Crippen LogP contribution in [0.15, 0.2) is 11.6 Å². The first-order valence-electron chi connectivity index (χ1n) is 7.87. The highest BCUT2D eigenvalue weighted by atomic mass is 16.3. The molecule has 0 aromatic heterocycles. The number of hydrogen-bond acceptors (Lipinski definition) is 5. The van der Waals surface area contributed by atoms with E-state index in [9.17, 15) is 24.6 Å². The van der Waals surface area contributed by atoms with Crippen molar-refractivity contribution >= 4 is 17.7 Å². The highest BCUT2D eigenvalue weighted by molar-refractivity contribution is 5.97. The molecule has 3 amide bonds. The summed E-state index contributed by atoms with van der Waals surface area (Å²) in [5, 5.41) is 25.0. The zero-order valence-electron chi connectivity index (χ0n) is 14.5. The Kier molecular flexibility index (Phi) is 6.50. The van der Waals surface area contributed by atoms with Crippen LogP contribution in [-0.2, 0) is 14.4 Å². The van der Waals surface area contributed by atoms with E-state index in [2.05, 4.69) is 10.6 Å². The largest absolute Gasteiger partial charge is 0.390 e. The molecule has 4 atom stereocenters. The van der Waals surface area contributed by atoms with E-state index in [0.29, 0.717) is 0 Å². The Morgan fingerprint density at radius 3 is 2.42 bits per heavy atom. The SMILES string of the molecule is CC(NC(=O)C1=CC(NC(=O)CC(C)(C)C)C(O)C(O)C1)C(N)=O. The van der Waals surface area contributed by atoms with E-state index in [4.69, 9.17) is 5.73 Å². The first kappa shape index (κ1) is 20.1. The zero-order chi connectivity index (χ0) is 18.7. The van der Waals surface area contributed by atoms with E-state index in [1.165, 1.54) is 13.0 Å². The van der Waals surface area contributed by atoms with Gasteiger partial charge in [0.15, 0.2) is 0 Å². The molecule has 0 fully saturated rings. The van der Waals surface area contributed by atoms with Crippen LogP contribution in [-0.4, -0.2) is 52.2 Å². The second-order valence-electron chi connectivity index (χ2n) is 7.38. The van der Waals surface area contributed by atoms with Crippen LogP contribution in [0, 0.1) is 5.41 Å². The van der Waals surface area contributed by atoms with E-state index in [1.807, 2.05) is 20.8 Å². The van der Waals surface area contributed by atoms with E-state index in [-0.39, 0.29) is 29.7 Å². The third-order valence-electron chi connectivity index (χ3n) is 3.66. The van der Waals surface area contributed by atoms with Crippen molar-refractivity contribution in [2.45, 2.75) is 64.8 Å². The molecule has 4 unspecified atom stereocenters. The monoisotopic (exact) mass is 341 g/mol. The topological polar surface area (TPSA) is 142 Å². The van der Waals surface area contributed by atoms with E-state index in [0.717, 1.165) is 0 Å². The lowest BCUT2D eigenvalue weighted by Gasteiger charge is -2.32. The molecule has 0 aliphatic heterocycles. The summed E-state index contributed by atoms with van der Waals surface area (Å²) in [7, 11) is 0. The third kappa shape index (κ3) is 5.93. The van der Waals surface area contributed by atoms with E-state index in [1.54, 1.807) is 0 Å². The van der Waals surface area contributed by atoms with Gasteiger partial charge in [0.05, 0.1) is 12.1 Å². The Bertz CT molecular complexity index is 538. The number of rotatable bonds is 5. The van der Waals surface area contributed by atoms with Crippen LogP contribution < -0.4 is 16.4 Å². The molecule has 0 spiro atoms. The number of primary amides is 1. The normalized spacial score (nSPS) is 25.4. The van der Waals surface area contributed by atoms with Crippen molar-refractivity contribution in [1.29, 1.82) is 0 Å². The molecule has 8 heteroatoms. The van der Waals surface area contributed by atoms with Gasteiger partial charge in [-0.1, -0.05) is 26.8 Å². The summed E-state index contributed by atoms with van der Waals surface area (Å²) >= 11 is 0. The van der Waals surface area contributed by atoms with Crippen molar-refractivity contribution in [1.82, 2.24) is 10.6 Å². The minimum Gasteiger partial charge on any atom is -0.390 e. The van der Waals surface area contributed by atoms with Crippen molar-refractivity contribution in [2.24, 2.45) is 11.1 Å². The fraction of sp³-hybridized carbons (Fsp3) is 0.688. The van der Waals surface area contributed by atoms with Gasteiger partial charge in [-0.05, 0) is 12.3 Å². The summed E-state index contributed by atoms with van der Waals surface area (Å²) in [6.45, 7) is 7.15. The minimum absolute atomic E-state index is 0.0792. The molecule has 0 aromatic carbocycles. The standard InChI is InChI=1S/C16H27N3O5/c1-8(14(17)23)18-15(24)9-5-10(13(22)11(20)6-9)19-12(21)7-16(2,3)4/h5,8,10-11,13,20,22H,6-7H2,1-4H3,(H2,17,23)(H,18,24)(H,19,21). The number of hydrogen-bond donors (Lipinski definition) is 5. The van der Waals surface area contributed by atoms with Gasteiger partial charge >= 0.3 is 0 Å². The fourth-order valence-corrected chi connectivity index (χ4v) is 2.34. The second-order valence-corrected chi connectivity index (χ2v) is 7.38. The number of carbonyl (C=O) groups excluding carboxylic acids is 3. The minimum atomic E-state index is -1.21. The van der Waals surface area contributed by atoms with E-state index >= 15 is 0 Å². The van der Waals surface area contributed by atoms with Crippen molar-refractivity contribution < 1.29 is 24.6 Å². The van der Waals surface area contributed by atoms with Gasteiger partial charge in [0.2, 0.25) is 17.7 Å². The average Bonchev–Trinajstić information content (AvgIpc) is 2.41. The quantitative estimate of drug-likeness (QED) is 0.434. The molecule has 0 heterocycles. The fourth-order valence-electron chi connectivity index (χ4n) is 2.34. The van der Waals surface area contributed by atoms with Crippen LogP contribution in [0.1, 0.15) is 40.5 Å². The summed E-state index contributed by atoms with van der Waals surface area (Å²) < 4.78 is 0. The molecule has 0 radical (unpaired) electrons. The lowest BCUT2D eigenvalue weighted by atomic mass is 9.88. The number of nitrogens with two attached hydrogens (primary N) is 1. The highest BCUT2D eigenvalue weighted by Crippen LogP contribution is 2.22. The lowest BCUT2D eigenvalue weighted by molar-refractivity contribution is -0.126. The van der Waals surface area contributed by atoms with Gasteiger partial charge in [-0.2, -0.15) is 0 Å². The summed E-state index contributed by atoms with van der Waals surface area (Å²) in [5.41, 5.74) is 5.04. The molecule has 24 heavy (non-hydrogen) atoms. The molecule has 136 valence electrons. The van der Waals surface area contributed by atoms with Gasteiger partial charge in [-0.25, -0.2) is 0 Å². The number of nitrogens with one attached hydrogen (secondary N) is 2. The Morgan fingerprint density at radius 2 is 1.92 bits per heavy atom. The molecular formula is C16H27N3O5. The zero-order valence-corrected chi connectivity index (χ0v) is 14.5. The second kappa shape index (κ2) is 7.76. The smallest absolute Gasteiger partial charge is 0.247 e. The van der Waals surface area contributed by atoms with Crippen LogP contribution in [0.3, 0.4) is 0 Å². The van der Waals surface area contributed by atoms with Crippen molar-refractivity contribution in [2.75, 3.05) is 0 Å². The van der Waals surface area contributed by atoms with Crippen LogP contribution in [0.2, 0.25) is 0 Å². The molecule has 0 saturated heterocycles. The third-order valence-corrected chi connectivity index (χ3v) is 3.66. The Balaban J connectivity index is 2.85. The maximum Gasteiger partial charge on any atom is 0.247 e. The summed E-state index contributed by atoms with van der Waals surface area (Å²) in [5.74, 6) is -1.54. The van der Waals surface area contributed by atoms with Crippen molar-refractivity contribution in [3.63, 3.8) is 0 Å². The Morgan fingerprint density at radius 1 is 1.33 bits per heavy atom. The number of aliphatic hydroxyl groups is 2. The van der Waals surface area contributed by atoms with Gasteiger partial charge < -0.3 is 26.6 Å². The molecule has 1 aliphatic carbocycles. The maximum atomic E-state index is 12.1. The molecule has 1 aliphatic rings. The number of aliphatic hydroxyl groups excluding tert-OH is 2. The molecule has 6 N–H and O–H groups in total. The van der Waals surface area contributed by atoms with Crippen LogP contribution in [0.5, 0.6) is 0 Å². The van der Waals surface area contributed by atoms with Gasteiger partial charge in [-0.15, -0.1) is 0 Å². The molecule has 8 nitrogen and oxygen atoms in total. The first-order chi connectivity index (χ1) is 10.9. The Hall–Kier alpha value is -1.93. The number of carbonyl (C=O) groups is 3. The predicted molar refractivity (Wildman–Crippen MR) is 87.5 cm³/mol. The Labute approximate surface area is 141 Å². The average molecular weight is 341 g/mol. The molecular weight excluding hydrogens is 314 g/mol. The molecule has 0 aromatic rings. The van der Waals surface area contributed by atoms with Crippen LogP contribution in [0.4, 0.5) is 0 Å². The highest BCUT2D eigenvalue weighted by Gasteiger charge is 2.34. The van der Waals surface area contributed by atoms with Gasteiger partial charge in [0, 0.05) is 18.4 Å². The van der Waals surface area contributed by atoms with Crippen molar-refractivity contribution in [3.8, 4) is 0 Å².